The van der Waals surface area contributed by atoms with Gasteiger partial charge >= 0.3 is 0 Å². The molecule has 2 heterocycles. The first-order valence-electron chi connectivity index (χ1n) is 11.5. The molecule has 36 heavy (non-hydrogen) atoms. The summed E-state index contributed by atoms with van der Waals surface area (Å²) in [6, 6.07) is 2.35. The lowest BCUT2D eigenvalue weighted by atomic mass is 9.88. The number of nitrogens with zero attached hydrogens (tertiary/aromatic N) is 1. The number of carbonyl (C=O) groups is 1. The predicted molar refractivity (Wildman–Crippen MR) is 131 cm³/mol. The minimum absolute atomic E-state index is 0.0161. The number of aliphatic hydroxyl groups is 2. The highest BCUT2D eigenvalue weighted by atomic mass is 35.5. The summed E-state index contributed by atoms with van der Waals surface area (Å²) in [4.78, 5) is 12.8. The molecule has 4 N–H and O–H groups in total. The minimum Gasteiger partial charge on any atom is -0.393 e. The lowest BCUT2D eigenvalue weighted by molar-refractivity contribution is -0.0194. The van der Waals surface area contributed by atoms with Gasteiger partial charge in [-0.1, -0.05) is 24.6 Å². The molecule has 12 heteroatoms. The van der Waals surface area contributed by atoms with Crippen molar-refractivity contribution in [2.45, 2.75) is 56.2 Å². The van der Waals surface area contributed by atoms with Crippen LogP contribution in [0.1, 0.15) is 49.3 Å². The number of hydrogen-bond donors (Lipinski definition) is 4. The molecule has 0 spiro atoms. The second-order valence-corrected chi connectivity index (χ2v) is 11.8. The molecule has 196 valence electrons. The smallest absolute Gasteiger partial charge is 0.273 e. The fourth-order valence-electron chi connectivity index (χ4n) is 5.06. The number of benzene rings is 1. The summed E-state index contributed by atoms with van der Waals surface area (Å²) < 4.78 is 58.2. The molecular formula is C24H28ClF2N3O5S. The van der Waals surface area contributed by atoms with E-state index in [-0.39, 0.29) is 51.8 Å². The number of nitrogens with one attached hydrogen (secondary N) is 2. The Labute approximate surface area is 213 Å². The number of halogens is 3. The molecule has 1 aromatic carbocycles. The van der Waals surface area contributed by atoms with Crippen molar-refractivity contribution in [3.05, 3.63) is 52.3 Å². The molecular weight excluding hydrogens is 516 g/mol. The van der Waals surface area contributed by atoms with Crippen LogP contribution in [0.4, 0.5) is 14.5 Å². The fourth-order valence-corrected chi connectivity index (χ4v) is 7.33. The van der Waals surface area contributed by atoms with Crippen molar-refractivity contribution in [3.63, 3.8) is 0 Å². The number of aromatic nitrogens is 1. The quantitative estimate of drug-likeness (QED) is 0.406. The van der Waals surface area contributed by atoms with Gasteiger partial charge in [-0.2, -0.15) is 0 Å². The molecule has 4 rings (SSSR count). The zero-order chi connectivity index (χ0) is 26.4. The van der Waals surface area contributed by atoms with Crippen LogP contribution in [0.25, 0.3) is 6.08 Å². The predicted octanol–water partition coefficient (Wildman–Crippen LogP) is 3.53. The molecule has 1 aromatic heterocycles. The summed E-state index contributed by atoms with van der Waals surface area (Å²) in [5.41, 5.74) is -1.26. The third-order valence-electron chi connectivity index (χ3n) is 6.87. The zero-order valence-corrected chi connectivity index (χ0v) is 21.3. The maximum atomic E-state index is 13.6. The van der Waals surface area contributed by atoms with E-state index >= 15 is 0 Å². The molecule has 2 aliphatic rings. The standard InChI is InChI=1S/C24H28ClF2N3O5S/c1-13-5-6-14(11-24(2,33)12-31)20(13)29-36(34,35)22-18-4-3-9-30(18)21(19(22)25)23(32)28-15-7-8-16(26)17(27)10-15/h3-4,7-8,10,13-14,20,29,31,33H,5-6,9,11-12H2,1-2H3,(H,28,32). The summed E-state index contributed by atoms with van der Waals surface area (Å²) in [7, 11) is -4.21. The monoisotopic (exact) mass is 543 g/mol. The summed E-state index contributed by atoms with van der Waals surface area (Å²) in [6.07, 6.45) is 4.86. The second-order valence-electron chi connectivity index (χ2n) is 9.79. The van der Waals surface area contributed by atoms with Gasteiger partial charge in [-0.15, -0.1) is 0 Å². The van der Waals surface area contributed by atoms with Gasteiger partial charge in [0.05, 0.1) is 22.9 Å². The lowest BCUT2D eigenvalue weighted by Crippen LogP contribution is -2.44. The van der Waals surface area contributed by atoms with Crippen molar-refractivity contribution >= 4 is 39.3 Å². The van der Waals surface area contributed by atoms with E-state index in [2.05, 4.69) is 10.0 Å². The zero-order valence-electron chi connectivity index (χ0n) is 19.8. The van der Waals surface area contributed by atoms with E-state index in [4.69, 9.17) is 11.6 Å². The van der Waals surface area contributed by atoms with Gasteiger partial charge in [0, 0.05) is 24.3 Å². The van der Waals surface area contributed by atoms with Crippen LogP contribution in [0.2, 0.25) is 5.02 Å². The van der Waals surface area contributed by atoms with Crippen LogP contribution in [-0.2, 0) is 16.6 Å². The topological polar surface area (TPSA) is 121 Å². The second kappa shape index (κ2) is 9.86. The maximum absolute atomic E-state index is 13.6. The molecule has 2 aromatic rings. The number of allylic oxidation sites excluding steroid dienone is 1. The Kier molecular flexibility index (Phi) is 7.33. The number of amides is 1. The summed E-state index contributed by atoms with van der Waals surface area (Å²) >= 11 is 6.49. The molecule has 0 saturated heterocycles. The molecule has 4 atom stereocenters. The van der Waals surface area contributed by atoms with Crippen molar-refractivity contribution in [2.75, 3.05) is 11.9 Å². The Morgan fingerprint density at radius 2 is 2.00 bits per heavy atom. The van der Waals surface area contributed by atoms with Crippen LogP contribution < -0.4 is 10.0 Å². The number of anilines is 1. The van der Waals surface area contributed by atoms with E-state index in [1.54, 1.807) is 12.2 Å². The van der Waals surface area contributed by atoms with Gasteiger partial charge in [0.25, 0.3) is 5.91 Å². The third-order valence-corrected chi connectivity index (χ3v) is 8.89. The average molecular weight is 544 g/mol. The molecule has 1 fully saturated rings. The van der Waals surface area contributed by atoms with Gasteiger partial charge in [0.15, 0.2) is 11.6 Å². The number of fused-ring (bicyclic) bond motifs is 1. The molecule has 1 amide bonds. The van der Waals surface area contributed by atoms with Crippen LogP contribution in [0, 0.1) is 23.5 Å². The highest BCUT2D eigenvalue weighted by Gasteiger charge is 2.42. The molecule has 1 aliphatic heterocycles. The van der Waals surface area contributed by atoms with E-state index in [0.717, 1.165) is 18.6 Å². The number of rotatable bonds is 8. The molecule has 0 radical (unpaired) electrons. The largest absolute Gasteiger partial charge is 0.393 e. The SMILES string of the molecule is CC1CCC(CC(C)(O)CO)C1NS(=O)(=O)c1c(Cl)c(C(=O)Nc2ccc(F)c(F)c2)n2c1C=CC2. The first-order chi connectivity index (χ1) is 16.8. The van der Waals surface area contributed by atoms with Crippen LogP contribution in [0.15, 0.2) is 29.2 Å². The molecule has 8 nitrogen and oxygen atoms in total. The van der Waals surface area contributed by atoms with Crippen LogP contribution in [-0.4, -0.2) is 47.4 Å². The Bertz CT molecular complexity index is 1330. The van der Waals surface area contributed by atoms with Gasteiger partial charge in [-0.25, -0.2) is 21.9 Å². The van der Waals surface area contributed by atoms with Crippen molar-refractivity contribution < 1.29 is 32.2 Å². The van der Waals surface area contributed by atoms with Gasteiger partial charge < -0.3 is 20.1 Å². The Hall–Kier alpha value is -2.31. The Morgan fingerprint density at radius 1 is 1.28 bits per heavy atom. The maximum Gasteiger partial charge on any atom is 0.273 e. The van der Waals surface area contributed by atoms with Crippen LogP contribution in [0.3, 0.4) is 0 Å². The van der Waals surface area contributed by atoms with E-state index in [9.17, 15) is 32.2 Å². The normalized spacial score (nSPS) is 23.0. The summed E-state index contributed by atoms with van der Waals surface area (Å²) in [5, 5.41) is 21.9. The number of hydrogen-bond acceptors (Lipinski definition) is 5. The molecule has 1 aliphatic carbocycles. The highest BCUT2D eigenvalue weighted by molar-refractivity contribution is 7.89. The Morgan fingerprint density at radius 3 is 2.67 bits per heavy atom. The van der Waals surface area contributed by atoms with Crippen LogP contribution >= 0.6 is 11.6 Å². The van der Waals surface area contributed by atoms with Crippen molar-refractivity contribution in [1.29, 1.82) is 0 Å². The summed E-state index contributed by atoms with van der Waals surface area (Å²) in [6.45, 7) is 3.17. The molecule has 1 saturated carbocycles. The minimum atomic E-state index is -4.21. The van der Waals surface area contributed by atoms with Gasteiger partial charge in [0.2, 0.25) is 10.0 Å². The summed E-state index contributed by atoms with van der Waals surface area (Å²) in [5.74, 6) is -3.23. The molecule has 0 bridgehead atoms. The van der Waals surface area contributed by atoms with Gasteiger partial charge in [-0.05, 0) is 56.2 Å². The van der Waals surface area contributed by atoms with E-state index in [0.29, 0.717) is 6.42 Å². The average Bonchev–Trinajstić information content (AvgIpc) is 3.45. The van der Waals surface area contributed by atoms with E-state index in [1.165, 1.54) is 17.6 Å². The van der Waals surface area contributed by atoms with E-state index in [1.807, 2.05) is 6.92 Å². The Balaban J connectivity index is 1.65. The first kappa shape index (κ1) is 26.7. The van der Waals surface area contributed by atoms with Crippen molar-refractivity contribution in [1.82, 2.24) is 9.29 Å². The van der Waals surface area contributed by atoms with Gasteiger partial charge in [-0.3, -0.25) is 4.79 Å². The third kappa shape index (κ3) is 5.08. The van der Waals surface area contributed by atoms with Crippen molar-refractivity contribution in [3.8, 4) is 0 Å². The number of aliphatic hydroxyl groups excluding tert-OH is 1. The van der Waals surface area contributed by atoms with E-state index < -0.39 is 45.8 Å². The van der Waals surface area contributed by atoms with Gasteiger partial charge in [0.1, 0.15) is 10.6 Å². The van der Waals surface area contributed by atoms with Crippen molar-refractivity contribution in [2.24, 2.45) is 11.8 Å². The van der Waals surface area contributed by atoms with Crippen LogP contribution in [0.5, 0.6) is 0 Å². The lowest BCUT2D eigenvalue weighted by Gasteiger charge is -2.30. The fraction of sp³-hybridized carbons (Fsp3) is 0.458. The first-order valence-corrected chi connectivity index (χ1v) is 13.4. The number of sulfonamides is 1. The molecule has 4 unspecified atom stereocenters. The highest BCUT2D eigenvalue weighted by Crippen LogP contribution is 2.40. The number of carbonyl (C=O) groups excluding carboxylic acids is 1.